The van der Waals surface area contributed by atoms with Crippen molar-refractivity contribution in [3.05, 3.63) is 88.0 Å². The maximum absolute atomic E-state index is 11.9. The van der Waals surface area contributed by atoms with Crippen LogP contribution in [0.3, 0.4) is 0 Å². The Morgan fingerprint density at radius 2 is 0.826 bits per heavy atom. The van der Waals surface area contributed by atoms with Crippen LogP contribution in [0, 0.1) is 0 Å². The Kier molecular flexibility index (Phi) is 14.3. The lowest BCUT2D eigenvalue weighted by Gasteiger charge is -2.23. The molecule has 0 atom stereocenters. The first-order valence-corrected chi connectivity index (χ1v) is 14.7. The number of hydrogen-bond acceptors (Lipinski definition) is 13. The number of benzene rings is 3. The van der Waals surface area contributed by atoms with E-state index in [1.807, 2.05) is 0 Å². The molecule has 248 valence electrons. The van der Waals surface area contributed by atoms with Crippen LogP contribution in [0.1, 0.15) is 47.8 Å². The molecule has 0 aromatic heterocycles. The van der Waals surface area contributed by atoms with Crippen molar-refractivity contribution in [2.75, 3.05) is 60.6 Å². The molecule has 0 bridgehead atoms. The molecule has 0 saturated carbocycles. The molecular weight excluding hydrogens is 596 g/mol. The van der Waals surface area contributed by atoms with Gasteiger partial charge in [-0.3, -0.25) is 4.90 Å². The van der Waals surface area contributed by atoms with E-state index >= 15 is 0 Å². The molecule has 46 heavy (non-hydrogen) atoms. The van der Waals surface area contributed by atoms with Crippen molar-refractivity contribution >= 4 is 17.9 Å². The summed E-state index contributed by atoms with van der Waals surface area (Å²) in [4.78, 5) is 37.8. The second-order valence-electron chi connectivity index (χ2n) is 10.4. The summed E-state index contributed by atoms with van der Waals surface area (Å²) in [7, 11) is 3.90. The van der Waals surface area contributed by atoms with Crippen LogP contribution < -0.4 is 16.0 Å². The fraction of sp³-hybridized carbons (Fsp3) is 0.364. The second kappa shape index (κ2) is 18.3. The SMILES string of the molecule is COC(=O)c1ccc(O)c(CNCCN(CCNCc2cc(C(=O)OC)ccc2O)CCNCc2cc(C(=O)OC)ccc2O)c1. The van der Waals surface area contributed by atoms with E-state index in [1.54, 1.807) is 18.2 Å². The Labute approximate surface area is 268 Å². The molecule has 0 heterocycles. The second-order valence-corrected chi connectivity index (χ2v) is 10.4. The van der Waals surface area contributed by atoms with E-state index in [1.165, 1.54) is 57.7 Å². The van der Waals surface area contributed by atoms with Gasteiger partial charge in [0.05, 0.1) is 38.0 Å². The number of ether oxygens (including phenoxy) is 3. The van der Waals surface area contributed by atoms with Crippen molar-refractivity contribution < 1.29 is 43.9 Å². The molecule has 0 aliphatic heterocycles. The van der Waals surface area contributed by atoms with Crippen LogP contribution in [0.2, 0.25) is 0 Å². The largest absolute Gasteiger partial charge is 0.508 e. The van der Waals surface area contributed by atoms with Crippen LogP contribution in [0.15, 0.2) is 54.6 Å². The quantitative estimate of drug-likeness (QED) is 0.0679. The summed E-state index contributed by atoms with van der Waals surface area (Å²) in [6.45, 7) is 4.68. The van der Waals surface area contributed by atoms with Gasteiger partial charge < -0.3 is 45.5 Å². The number of esters is 3. The van der Waals surface area contributed by atoms with Gasteiger partial charge >= 0.3 is 17.9 Å². The molecule has 3 aromatic rings. The Morgan fingerprint density at radius 3 is 1.09 bits per heavy atom. The number of carbonyl (C=O) groups excluding carboxylic acids is 3. The number of rotatable bonds is 18. The smallest absolute Gasteiger partial charge is 0.337 e. The van der Waals surface area contributed by atoms with Gasteiger partial charge in [0.15, 0.2) is 0 Å². The summed E-state index contributed by atoms with van der Waals surface area (Å²) >= 11 is 0. The molecular formula is C33H42N4O9. The molecule has 0 fully saturated rings. The lowest BCUT2D eigenvalue weighted by atomic mass is 10.1. The number of methoxy groups -OCH3 is 3. The van der Waals surface area contributed by atoms with Gasteiger partial charge in [0, 0.05) is 75.6 Å². The van der Waals surface area contributed by atoms with Crippen molar-refractivity contribution in [2.45, 2.75) is 19.6 Å². The van der Waals surface area contributed by atoms with Crippen LogP contribution in [-0.2, 0) is 33.8 Å². The molecule has 0 spiro atoms. The molecule has 0 saturated heterocycles. The third kappa shape index (κ3) is 10.7. The lowest BCUT2D eigenvalue weighted by Crippen LogP contribution is -2.40. The first-order valence-electron chi connectivity index (χ1n) is 14.7. The van der Waals surface area contributed by atoms with Gasteiger partial charge in [-0.2, -0.15) is 0 Å². The third-order valence-electron chi connectivity index (χ3n) is 7.26. The summed E-state index contributed by atoms with van der Waals surface area (Å²) in [5, 5.41) is 40.6. The van der Waals surface area contributed by atoms with E-state index in [0.717, 1.165) is 0 Å². The van der Waals surface area contributed by atoms with E-state index in [2.05, 4.69) is 20.9 Å². The molecule has 13 heteroatoms. The van der Waals surface area contributed by atoms with Crippen LogP contribution in [0.5, 0.6) is 17.2 Å². The van der Waals surface area contributed by atoms with Gasteiger partial charge in [-0.25, -0.2) is 14.4 Å². The monoisotopic (exact) mass is 638 g/mol. The number of nitrogens with zero attached hydrogens (tertiary/aromatic N) is 1. The molecule has 3 rings (SSSR count). The zero-order chi connectivity index (χ0) is 33.5. The number of nitrogens with one attached hydrogen (secondary N) is 3. The number of carbonyl (C=O) groups is 3. The maximum Gasteiger partial charge on any atom is 0.337 e. The molecule has 0 unspecified atom stereocenters. The molecule has 3 aromatic carbocycles. The Balaban J connectivity index is 1.56. The highest BCUT2D eigenvalue weighted by Crippen LogP contribution is 2.21. The van der Waals surface area contributed by atoms with Gasteiger partial charge in [-0.05, 0) is 54.6 Å². The number of phenols is 3. The molecule has 0 radical (unpaired) electrons. The molecule has 6 N–H and O–H groups in total. The van der Waals surface area contributed by atoms with Crippen molar-refractivity contribution in [3.63, 3.8) is 0 Å². The average Bonchev–Trinajstić information content (AvgIpc) is 3.07. The fourth-order valence-electron chi connectivity index (χ4n) is 4.63. The summed E-state index contributed by atoms with van der Waals surface area (Å²) < 4.78 is 14.3. The van der Waals surface area contributed by atoms with Gasteiger partial charge in [0.25, 0.3) is 0 Å². The maximum atomic E-state index is 11.9. The molecule has 0 aliphatic rings. The Morgan fingerprint density at radius 1 is 0.543 bits per heavy atom. The van der Waals surface area contributed by atoms with E-state index < -0.39 is 17.9 Å². The van der Waals surface area contributed by atoms with Crippen molar-refractivity contribution in [2.24, 2.45) is 0 Å². The van der Waals surface area contributed by atoms with Crippen LogP contribution in [0.4, 0.5) is 0 Å². The van der Waals surface area contributed by atoms with Gasteiger partial charge in [-0.1, -0.05) is 0 Å². The van der Waals surface area contributed by atoms with Crippen molar-refractivity contribution in [1.82, 2.24) is 20.9 Å². The highest BCUT2D eigenvalue weighted by molar-refractivity contribution is 5.90. The van der Waals surface area contributed by atoms with E-state index in [-0.39, 0.29) is 17.2 Å². The van der Waals surface area contributed by atoms with Gasteiger partial charge in [0.2, 0.25) is 0 Å². The van der Waals surface area contributed by atoms with Gasteiger partial charge in [0.1, 0.15) is 17.2 Å². The predicted octanol–water partition coefficient (Wildman–Crippen LogP) is 2.13. The minimum absolute atomic E-state index is 0.0736. The summed E-state index contributed by atoms with van der Waals surface area (Å²) in [5.41, 5.74) is 2.76. The van der Waals surface area contributed by atoms with E-state index in [4.69, 9.17) is 14.2 Å². The van der Waals surface area contributed by atoms with E-state index in [9.17, 15) is 29.7 Å². The van der Waals surface area contributed by atoms with Gasteiger partial charge in [-0.15, -0.1) is 0 Å². The highest BCUT2D eigenvalue weighted by atomic mass is 16.5. The average molecular weight is 639 g/mol. The van der Waals surface area contributed by atoms with Crippen molar-refractivity contribution in [1.29, 1.82) is 0 Å². The Bertz CT molecular complexity index is 1310. The standard InChI is InChI=1S/C33H42N4O9/c1-44-31(41)22-4-7-28(38)25(16-22)19-34-10-13-37(14-11-35-20-26-17-23(32(42)45-2)5-8-29(26)39)15-12-36-21-27-18-24(33(43)46-3)6-9-30(27)40/h4-9,16-18,34-36,38-40H,10-15,19-21H2,1-3H3. The van der Waals surface area contributed by atoms with Crippen LogP contribution in [0.25, 0.3) is 0 Å². The predicted molar refractivity (Wildman–Crippen MR) is 170 cm³/mol. The molecule has 0 amide bonds. The summed E-state index contributed by atoms with van der Waals surface area (Å²) in [5.74, 6) is -1.23. The number of hydrogen-bond donors (Lipinski definition) is 6. The number of phenolic OH excluding ortho intramolecular Hbond substituents is 3. The third-order valence-corrected chi connectivity index (χ3v) is 7.26. The van der Waals surface area contributed by atoms with Crippen LogP contribution in [-0.4, -0.2) is 98.7 Å². The Hall–Kier alpha value is -4.69. The first kappa shape index (κ1) is 35.8. The zero-order valence-corrected chi connectivity index (χ0v) is 26.3. The number of aromatic hydroxyl groups is 3. The first-order chi connectivity index (χ1) is 22.2. The summed E-state index contributed by atoms with van der Waals surface area (Å²) in [6.07, 6.45) is 0. The summed E-state index contributed by atoms with van der Waals surface area (Å²) in [6, 6.07) is 13.7. The normalized spacial score (nSPS) is 11.0. The minimum atomic E-state index is -0.483. The fourth-order valence-corrected chi connectivity index (χ4v) is 4.63. The van der Waals surface area contributed by atoms with Crippen LogP contribution >= 0.6 is 0 Å². The topological polar surface area (TPSA) is 179 Å². The molecule has 0 aliphatic carbocycles. The highest BCUT2D eigenvalue weighted by Gasteiger charge is 2.13. The molecule has 13 nitrogen and oxygen atoms in total. The lowest BCUT2D eigenvalue weighted by molar-refractivity contribution is 0.0591. The zero-order valence-electron chi connectivity index (χ0n) is 26.3. The van der Waals surface area contributed by atoms with Crippen molar-refractivity contribution in [3.8, 4) is 17.2 Å². The minimum Gasteiger partial charge on any atom is -0.508 e. The van der Waals surface area contributed by atoms with E-state index in [0.29, 0.717) is 92.3 Å².